The molecule has 0 saturated carbocycles. The number of nitrogens with zero attached hydrogens (tertiary/aromatic N) is 2. The second-order valence-electron chi connectivity index (χ2n) is 9.64. The smallest absolute Gasteiger partial charge is 0.251 e. The van der Waals surface area contributed by atoms with E-state index in [0.29, 0.717) is 18.7 Å². The van der Waals surface area contributed by atoms with E-state index in [1.807, 2.05) is 42.6 Å². The number of aromatic nitrogens is 1. The summed E-state index contributed by atoms with van der Waals surface area (Å²) in [5.74, 6) is 0.228. The van der Waals surface area contributed by atoms with Gasteiger partial charge in [-0.05, 0) is 60.6 Å². The molecule has 2 amide bonds. The topological polar surface area (TPSA) is 74.3 Å². The maximum atomic E-state index is 13.1. The zero-order valence-electron chi connectivity index (χ0n) is 19.9. The molecule has 1 aliphatic heterocycles. The highest BCUT2D eigenvalue weighted by Gasteiger charge is 2.32. The molecule has 35 heavy (non-hydrogen) atoms. The predicted octanol–water partition coefficient (Wildman–Crippen LogP) is 3.34. The number of rotatable bonds is 7. The number of nitrogens with one attached hydrogen (secondary N) is 2. The average molecular weight is 469 g/mol. The summed E-state index contributed by atoms with van der Waals surface area (Å²) in [7, 11) is 0. The Kier molecular flexibility index (Phi) is 7.19. The number of fused-ring (bicyclic) bond motifs is 1. The number of amides is 2. The predicted molar refractivity (Wildman–Crippen MR) is 136 cm³/mol. The summed E-state index contributed by atoms with van der Waals surface area (Å²) in [6.45, 7) is 1.86. The number of pyridine rings is 1. The maximum Gasteiger partial charge on any atom is 0.251 e. The molecule has 6 nitrogen and oxygen atoms in total. The van der Waals surface area contributed by atoms with E-state index in [-0.39, 0.29) is 29.8 Å². The van der Waals surface area contributed by atoms with Crippen molar-refractivity contribution in [2.24, 2.45) is 0 Å². The fourth-order valence-corrected chi connectivity index (χ4v) is 5.46. The van der Waals surface area contributed by atoms with Crippen LogP contribution in [0.4, 0.5) is 0 Å². The van der Waals surface area contributed by atoms with Gasteiger partial charge in [0.15, 0.2) is 0 Å². The molecule has 0 spiro atoms. The van der Waals surface area contributed by atoms with Crippen molar-refractivity contribution in [2.75, 3.05) is 19.6 Å². The van der Waals surface area contributed by atoms with Crippen LogP contribution >= 0.6 is 0 Å². The summed E-state index contributed by atoms with van der Waals surface area (Å²) in [6.07, 6.45) is 7.33. The van der Waals surface area contributed by atoms with E-state index in [1.54, 1.807) is 6.20 Å². The second-order valence-corrected chi connectivity index (χ2v) is 9.64. The minimum absolute atomic E-state index is 0.0546. The molecule has 1 unspecified atom stereocenters. The Labute approximate surface area is 206 Å². The molecule has 1 saturated heterocycles. The zero-order chi connectivity index (χ0) is 24.0. The Morgan fingerprint density at radius 3 is 2.60 bits per heavy atom. The molecule has 5 rings (SSSR count). The van der Waals surface area contributed by atoms with Crippen LogP contribution in [0.15, 0.2) is 79.1 Å². The van der Waals surface area contributed by atoms with Gasteiger partial charge < -0.3 is 10.6 Å². The highest BCUT2D eigenvalue weighted by molar-refractivity contribution is 5.94. The van der Waals surface area contributed by atoms with E-state index in [4.69, 9.17) is 0 Å². The highest BCUT2D eigenvalue weighted by Crippen LogP contribution is 2.34. The number of carbonyl (C=O) groups excluding carboxylic acids is 2. The molecule has 1 aromatic heterocycles. The molecule has 2 aliphatic rings. The molecule has 3 aromatic rings. The van der Waals surface area contributed by atoms with E-state index < -0.39 is 0 Å². The van der Waals surface area contributed by atoms with Crippen LogP contribution in [-0.2, 0) is 17.6 Å². The molecule has 6 heteroatoms. The van der Waals surface area contributed by atoms with Crippen molar-refractivity contribution >= 4 is 11.8 Å². The molecular weight excluding hydrogens is 436 g/mol. The van der Waals surface area contributed by atoms with Gasteiger partial charge in [0, 0.05) is 49.0 Å². The Morgan fingerprint density at radius 2 is 1.77 bits per heavy atom. The van der Waals surface area contributed by atoms with Gasteiger partial charge in [-0.1, -0.05) is 48.5 Å². The monoisotopic (exact) mass is 468 g/mol. The standard InChI is InChI=1S/C29H32N4O2/c34-28(20-33-16-14-24(19-33)31-29(35)23-9-2-1-3-10-23)32-27-13-12-22-8-4-5-11-25(22)26(27)17-21-7-6-15-30-18-21/h1-11,15,18,24,26-27H,12-14,16-17,19-20H2,(H,31,35)(H,32,34)/t24?,26-,27+/m0/s1. The van der Waals surface area contributed by atoms with Gasteiger partial charge in [0.2, 0.25) is 5.91 Å². The van der Waals surface area contributed by atoms with Crippen molar-refractivity contribution in [3.05, 3.63) is 101 Å². The van der Waals surface area contributed by atoms with Crippen molar-refractivity contribution in [1.29, 1.82) is 0 Å². The van der Waals surface area contributed by atoms with Crippen molar-refractivity contribution in [3.8, 4) is 0 Å². The fourth-order valence-electron chi connectivity index (χ4n) is 5.46. The normalized spacial score (nSPS) is 21.8. The fraction of sp³-hybridized carbons (Fsp3) is 0.345. The summed E-state index contributed by atoms with van der Waals surface area (Å²) < 4.78 is 0. The number of carbonyl (C=O) groups is 2. The van der Waals surface area contributed by atoms with Crippen LogP contribution in [0.1, 0.15) is 45.8 Å². The lowest BCUT2D eigenvalue weighted by atomic mass is 9.76. The van der Waals surface area contributed by atoms with Crippen molar-refractivity contribution < 1.29 is 9.59 Å². The maximum absolute atomic E-state index is 13.1. The third-order valence-corrected chi connectivity index (χ3v) is 7.20. The van der Waals surface area contributed by atoms with Gasteiger partial charge in [-0.25, -0.2) is 0 Å². The molecule has 2 heterocycles. The number of benzene rings is 2. The van der Waals surface area contributed by atoms with Crippen LogP contribution in [0.3, 0.4) is 0 Å². The molecule has 3 atom stereocenters. The van der Waals surface area contributed by atoms with E-state index in [0.717, 1.165) is 32.2 Å². The Morgan fingerprint density at radius 1 is 0.943 bits per heavy atom. The summed E-state index contributed by atoms with van der Waals surface area (Å²) >= 11 is 0. The Balaban J connectivity index is 1.18. The first-order chi connectivity index (χ1) is 17.2. The van der Waals surface area contributed by atoms with Gasteiger partial charge in [-0.15, -0.1) is 0 Å². The molecule has 0 radical (unpaired) electrons. The summed E-state index contributed by atoms with van der Waals surface area (Å²) in [5.41, 5.74) is 4.56. The van der Waals surface area contributed by atoms with Crippen LogP contribution in [0, 0.1) is 0 Å². The Hall–Kier alpha value is -3.51. The minimum Gasteiger partial charge on any atom is -0.352 e. The molecule has 2 N–H and O–H groups in total. The summed E-state index contributed by atoms with van der Waals surface area (Å²) in [5, 5.41) is 6.46. The lowest BCUT2D eigenvalue weighted by molar-refractivity contribution is -0.123. The van der Waals surface area contributed by atoms with Crippen LogP contribution in [0.25, 0.3) is 0 Å². The lowest BCUT2D eigenvalue weighted by Gasteiger charge is -2.35. The SMILES string of the molecule is O=C(CN1CCC(NC(=O)c2ccccc2)C1)N[C@@H]1CCc2ccccc2[C@@H]1Cc1cccnc1. The first-order valence-electron chi connectivity index (χ1n) is 12.5. The van der Waals surface area contributed by atoms with E-state index in [2.05, 4.69) is 50.8 Å². The highest BCUT2D eigenvalue weighted by atomic mass is 16.2. The van der Waals surface area contributed by atoms with Crippen molar-refractivity contribution in [2.45, 2.75) is 43.7 Å². The summed E-state index contributed by atoms with van der Waals surface area (Å²) in [4.78, 5) is 32.0. The molecule has 0 bridgehead atoms. The number of hydrogen-bond acceptors (Lipinski definition) is 4. The van der Waals surface area contributed by atoms with Crippen molar-refractivity contribution in [1.82, 2.24) is 20.5 Å². The third kappa shape index (κ3) is 5.77. The van der Waals surface area contributed by atoms with Crippen LogP contribution < -0.4 is 10.6 Å². The van der Waals surface area contributed by atoms with Gasteiger partial charge in [0.05, 0.1) is 6.54 Å². The third-order valence-electron chi connectivity index (χ3n) is 7.20. The molecule has 2 aromatic carbocycles. The molecular formula is C29H32N4O2. The van der Waals surface area contributed by atoms with E-state index >= 15 is 0 Å². The number of aryl methyl sites for hydroxylation is 1. The first-order valence-corrected chi connectivity index (χ1v) is 12.5. The summed E-state index contributed by atoms with van der Waals surface area (Å²) in [6, 6.07) is 22.1. The first kappa shape index (κ1) is 23.2. The van der Waals surface area contributed by atoms with Crippen LogP contribution in [-0.4, -0.2) is 53.4 Å². The molecule has 1 aliphatic carbocycles. The van der Waals surface area contributed by atoms with Gasteiger partial charge >= 0.3 is 0 Å². The van der Waals surface area contributed by atoms with Crippen LogP contribution in [0.2, 0.25) is 0 Å². The molecule has 1 fully saturated rings. The quantitative estimate of drug-likeness (QED) is 0.558. The largest absolute Gasteiger partial charge is 0.352 e. The van der Waals surface area contributed by atoms with E-state index in [9.17, 15) is 9.59 Å². The van der Waals surface area contributed by atoms with Gasteiger partial charge in [-0.2, -0.15) is 0 Å². The van der Waals surface area contributed by atoms with Gasteiger partial charge in [0.25, 0.3) is 5.91 Å². The van der Waals surface area contributed by atoms with E-state index in [1.165, 1.54) is 16.7 Å². The second kappa shape index (κ2) is 10.8. The van der Waals surface area contributed by atoms with Crippen molar-refractivity contribution in [3.63, 3.8) is 0 Å². The zero-order valence-corrected chi connectivity index (χ0v) is 19.9. The van der Waals surface area contributed by atoms with Gasteiger partial charge in [0.1, 0.15) is 0 Å². The number of hydrogen-bond donors (Lipinski definition) is 2. The minimum atomic E-state index is -0.0546. The molecule has 180 valence electrons. The van der Waals surface area contributed by atoms with Gasteiger partial charge in [-0.3, -0.25) is 19.5 Å². The Bertz CT molecular complexity index is 1150. The lowest BCUT2D eigenvalue weighted by Crippen LogP contribution is -2.46. The average Bonchev–Trinajstić information content (AvgIpc) is 3.33. The number of likely N-dealkylation sites (tertiary alicyclic amines) is 1. The van der Waals surface area contributed by atoms with Crippen LogP contribution in [0.5, 0.6) is 0 Å².